The summed E-state index contributed by atoms with van der Waals surface area (Å²) < 4.78 is 7.86. The standard InChI is InChI=1S/C30H42N8O3.H2O/c1-16(2)37(13-22-25(39)26(40)29(41-22)38-15-34-24-27(31)32-14-33-28(24)38)19-10-17(11-19)6-9-23-35-20-8-7-18(30(3,4)5)12-21(20)36-23;/h7-8,12,14-17,19,22,25-26,29,39-40H,6,9-11,13H2,1-5H3,(H,35,36)(H2,31,32,33);1H2/t17?,19?,22-,25+,26+,29-;/m1./s1. The Balaban J connectivity index is 0.00000353. The van der Waals surface area contributed by atoms with E-state index in [1.807, 2.05) is 0 Å². The summed E-state index contributed by atoms with van der Waals surface area (Å²) in [6.07, 6.45) is 3.63. The van der Waals surface area contributed by atoms with Gasteiger partial charge in [0.2, 0.25) is 0 Å². The van der Waals surface area contributed by atoms with E-state index in [2.05, 4.69) is 77.7 Å². The molecule has 6 rings (SSSR count). The minimum absolute atomic E-state index is 0. The van der Waals surface area contributed by atoms with Gasteiger partial charge >= 0.3 is 0 Å². The first-order valence-corrected chi connectivity index (χ1v) is 14.7. The Hall–Kier alpha value is -3.16. The van der Waals surface area contributed by atoms with E-state index in [4.69, 9.17) is 15.5 Å². The molecule has 12 heteroatoms. The Morgan fingerprint density at radius 1 is 1.14 bits per heavy atom. The topological polar surface area (TPSA) is 183 Å². The van der Waals surface area contributed by atoms with Crippen molar-refractivity contribution in [3.63, 3.8) is 0 Å². The van der Waals surface area contributed by atoms with Crippen molar-refractivity contribution in [3.05, 3.63) is 42.2 Å². The number of hydrogen-bond donors (Lipinski definition) is 4. The van der Waals surface area contributed by atoms with Crippen molar-refractivity contribution in [2.45, 2.75) is 102 Å². The van der Waals surface area contributed by atoms with Gasteiger partial charge in [0.15, 0.2) is 17.7 Å². The predicted molar refractivity (Wildman–Crippen MR) is 161 cm³/mol. The monoisotopic (exact) mass is 580 g/mol. The Kier molecular flexibility index (Phi) is 8.29. The highest BCUT2D eigenvalue weighted by atomic mass is 16.6. The molecule has 12 nitrogen and oxygen atoms in total. The number of rotatable bonds is 8. The first-order chi connectivity index (χ1) is 19.5. The molecule has 3 aromatic heterocycles. The lowest BCUT2D eigenvalue weighted by molar-refractivity contribution is -0.0620. The maximum Gasteiger partial charge on any atom is 0.167 e. The van der Waals surface area contributed by atoms with Crippen LogP contribution < -0.4 is 5.73 Å². The number of H-pyrrole nitrogens is 1. The van der Waals surface area contributed by atoms with Crippen LogP contribution >= 0.6 is 0 Å². The normalized spacial score (nSPS) is 26.3. The van der Waals surface area contributed by atoms with Crippen LogP contribution in [-0.4, -0.2) is 87.0 Å². The van der Waals surface area contributed by atoms with E-state index in [0.717, 1.165) is 42.5 Å². The number of nitrogen functional groups attached to an aromatic ring is 1. The molecule has 0 amide bonds. The lowest BCUT2D eigenvalue weighted by Gasteiger charge is -2.46. The number of hydrogen-bond acceptors (Lipinski definition) is 9. The Morgan fingerprint density at radius 2 is 1.90 bits per heavy atom. The summed E-state index contributed by atoms with van der Waals surface area (Å²) in [5.41, 5.74) is 10.4. The molecule has 1 aliphatic heterocycles. The van der Waals surface area contributed by atoms with E-state index in [1.54, 1.807) is 4.57 Å². The summed E-state index contributed by atoms with van der Waals surface area (Å²) >= 11 is 0. The summed E-state index contributed by atoms with van der Waals surface area (Å²) in [7, 11) is 0. The summed E-state index contributed by atoms with van der Waals surface area (Å²) in [6.45, 7) is 11.6. The van der Waals surface area contributed by atoms with Crippen LogP contribution in [0.5, 0.6) is 0 Å². The van der Waals surface area contributed by atoms with Crippen LogP contribution in [0.4, 0.5) is 5.82 Å². The summed E-state index contributed by atoms with van der Waals surface area (Å²) in [4.78, 5) is 23.3. The molecular weight excluding hydrogens is 536 g/mol. The second-order valence-electron chi connectivity index (χ2n) is 13.1. The molecule has 0 bridgehead atoms. The lowest BCUT2D eigenvalue weighted by Crippen LogP contribution is -2.52. The molecule has 1 aromatic carbocycles. The Bertz CT molecular complexity index is 1520. The molecule has 0 unspecified atom stereocenters. The summed E-state index contributed by atoms with van der Waals surface area (Å²) in [5.74, 6) is 1.95. The molecule has 4 heterocycles. The molecule has 1 saturated carbocycles. The first kappa shape index (κ1) is 30.3. The van der Waals surface area contributed by atoms with Gasteiger partial charge in [-0.05, 0) is 62.1 Å². The number of aromatic nitrogens is 6. The number of imidazole rings is 2. The van der Waals surface area contributed by atoms with Gasteiger partial charge in [-0.15, -0.1) is 0 Å². The molecule has 1 saturated heterocycles. The van der Waals surface area contributed by atoms with Crippen LogP contribution in [0.1, 0.15) is 71.5 Å². The zero-order valence-electron chi connectivity index (χ0n) is 25.0. The van der Waals surface area contributed by atoms with Crippen molar-refractivity contribution in [2.24, 2.45) is 5.92 Å². The van der Waals surface area contributed by atoms with Gasteiger partial charge in [-0.3, -0.25) is 9.47 Å². The highest BCUT2D eigenvalue weighted by Gasteiger charge is 2.46. The van der Waals surface area contributed by atoms with Gasteiger partial charge in [-0.1, -0.05) is 26.8 Å². The van der Waals surface area contributed by atoms with Gasteiger partial charge in [0, 0.05) is 25.0 Å². The molecule has 4 aromatic rings. The zero-order valence-corrected chi connectivity index (χ0v) is 25.0. The maximum absolute atomic E-state index is 10.9. The van der Waals surface area contributed by atoms with Crippen LogP contribution in [0.15, 0.2) is 30.9 Å². The lowest BCUT2D eigenvalue weighted by atomic mass is 9.76. The number of aryl methyl sites for hydroxylation is 1. The molecule has 0 spiro atoms. The van der Waals surface area contributed by atoms with Crippen molar-refractivity contribution in [1.82, 2.24) is 34.4 Å². The van der Waals surface area contributed by atoms with Crippen LogP contribution in [0.2, 0.25) is 0 Å². The van der Waals surface area contributed by atoms with Crippen molar-refractivity contribution in [2.75, 3.05) is 12.3 Å². The quantitative estimate of drug-likeness (QED) is 0.243. The molecular formula is C30H44N8O4. The molecule has 4 atom stereocenters. The maximum atomic E-state index is 10.9. The van der Waals surface area contributed by atoms with Crippen molar-refractivity contribution in [3.8, 4) is 0 Å². The Labute approximate surface area is 245 Å². The first-order valence-electron chi connectivity index (χ1n) is 14.7. The number of anilines is 1. The third kappa shape index (κ3) is 5.61. The zero-order chi connectivity index (χ0) is 29.1. The molecule has 7 N–H and O–H groups in total. The number of benzene rings is 1. The van der Waals surface area contributed by atoms with E-state index in [-0.39, 0.29) is 22.8 Å². The third-order valence-corrected chi connectivity index (χ3v) is 8.92. The average Bonchev–Trinajstić information content (AvgIpc) is 3.58. The SMILES string of the molecule is CC(C)N(C[C@H]1O[C@@H](n2cnc3c(N)ncnc32)[C@@H](O)[C@H]1O)C1CC(CCc2nc3ccc(C(C)(C)C)cc3[nH]2)C1.O. The molecule has 42 heavy (non-hydrogen) atoms. The number of fused-ring (bicyclic) bond motifs is 2. The fourth-order valence-corrected chi connectivity index (χ4v) is 6.35. The molecule has 2 aliphatic rings. The minimum Gasteiger partial charge on any atom is -0.412 e. The van der Waals surface area contributed by atoms with E-state index >= 15 is 0 Å². The molecule has 1 aliphatic carbocycles. The summed E-state index contributed by atoms with van der Waals surface area (Å²) in [5, 5.41) is 21.8. The number of aromatic amines is 1. The fourth-order valence-electron chi connectivity index (χ4n) is 6.35. The van der Waals surface area contributed by atoms with Crippen LogP contribution in [-0.2, 0) is 16.6 Å². The van der Waals surface area contributed by atoms with Gasteiger partial charge in [0.05, 0.1) is 17.4 Å². The summed E-state index contributed by atoms with van der Waals surface area (Å²) in [6, 6.07) is 7.22. The van der Waals surface area contributed by atoms with E-state index in [0.29, 0.717) is 29.7 Å². The van der Waals surface area contributed by atoms with Crippen molar-refractivity contribution >= 4 is 28.0 Å². The van der Waals surface area contributed by atoms with E-state index in [1.165, 1.54) is 18.2 Å². The molecule has 2 fully saturated rings. The van der Waals surface area contributed by atoms with Gasteiger partial charge in [-0.25, -0.2) is 19.9 Å². The van der Waals surface area contributed by atoms with Gasteiger partial charge in [0.25, 0.3) is 0 Å². The number of nitrogens with one attached hydrogen (secondary N) is 1. The number of ether oxygens (including phenoxy) is 1. The Morgan fingerprint density at radius 3 is 2.62 bits per heavy atom. The third-order valence-electron chi connectivity index (χ3n) is 8.92. The van der Waals surface area contributed by atoms with Gasteiger partial charge in [0.1, 0.15) is 36.0 Å². The number of aliphatic hydroxyl groups excluding tert-OH is 2. The van der Waals surface area contributed by atoms with Gasteiger partial charge < -0.3 is 31.1 Å². The number of aliphatic hydroxyl groups is 2. The number of nitrogens with zero attached hydrogens (tertiary/aromatic N) is 6. The smallest absolute Gasteiger partial charge is 0.167 e. The fraction of sp³-hybridized carbons (Fsp3) is 0.600. The van der Waals surface area contributed by atoms with Crippen LogP contribution in [0.25, 0.3) is 22.2 Å². The second kappa shape index (κ2) is 11.5. The van der Waals surface area contributed by atoms with Crippen LogP contribution in [0.3, 0.4) is 0 Å². The highest BCUT2D eigenvalue weighted by molar-refractivity contribution is 5.81. The van der Waals surface area contributed by atoms with E-state index in [9.17, 15) is 10.2 Å². The van der Waals surface area contributed by atoms with Crippen molar-refractivity contribution in [1.29, 1.82) is 0 Å². The number of nitrogens with two attached hydrogens (primary N) is 1. The van der Waals surface area contributed by atoms with Gasteiger partial charge in [-0.2, -0.15) is 0 Å². The van der Waals surface area contributed by atoms with E-state index < -0.39 is 24.5 Å². The molecule has 0 radical (unpaired) electrons. The second-order valence-corrected chi connectivity index (χ2v) is 13.1. The predicted octanol–water partition coefficient (Wildman–Crippen LogP) is 2.50. The highest BCUT2D eigenvalue weighted by Crippen LogP contribution is 2.38. The largest absolute Gasteiger partial charge is 0.412 e. The minimum atomic E-state index is -1.11. The average molecular weight is 581 g/mol. The van der Waals surface area contributed by atoms with Crippen molar-refractivity contribution < 1.29 is 20.4 Å². The molecule has 228 valence electrons. The van der Waals surface area contributed by atoms with Crippen LogP contribution in [0, 0.1) is 5.92 Å².